The van der Waals surface area contributed by atoms with Crippen LogP contribution in [-0.2, 0) is 15.0 Å². The molecule has 6 rings (SSSR count). The molecule has 0 unspecified atom stereocenters. The average Bonchev–Trinajstić information content (AvgIpc) is 3.32. The molecule has 0 saturated carbocycles. The van der Waals surface area contributed by atoms with Crippen molar-refractivity contribution in [2.45, 2.75) is 24.4 Å². The normalized spacial score (nSPS) is 26.1. The molecule has 3 heterocycles. The van der Waals surface area contributed by atoms with Gasteiger partial charge in [0, 0.05) is 11.4 Å². The second kappa shape index (κ2) is 7.22. The molecule has 0 aliphatic carbocycles. The molecule has 5 nitrogen and oxygen atoms in total. The van der Waals surface area contributed by atoms with E-state index in [1.54, 1.807) is 12.1 Å². The quantitative estimate of drug-likeness (QED) is 0.599. The molecule has 3 aromatic rings. The summed E-state index contributed by atoms with van der Waals surface area (Å²) in [5, 5.41) is 2.94. The Hall–Kier alpha value is -4.06. The predicted molar refractivity (Wildman–Crippen MR) is 127 cm³/mol. The van der Waals surface area contributed by atoms with Crippen LogP contribution in [0.5, 0.6) is 0 Å². The largest absolute Gasteiger partial charge is 0.352 e. The van der Waals surface area contributed by atoms with Crippen molar-refractivity contribution in [3.63, 3.8) is 0 Å². The fraction of sp³-hybridized carbons (Fsp3) is 0.179. The Bertz CT molecular complexity index is 1410. The van der Waals surface area contributed by atoms with Gasteiger partial charge in [0.25, 0.3) is 0 Å². The lowest BCUT2D eigenvalue weighted by Gasteiger charge is -2.37. The highest BCUT2D eigenvalue weighted by molar-refractivity contribution is 6.16. The van der Waals surface area contributed by atoms with Gasteiger partial charge in [-0.15, -0.1) is 0 Å². The van der Waals surface area contributed by atoms with E-state index in [9.17, 15) is 18.8 Å². The summed E-state index contributed by atoms with van der Waals surface area (Å²) in [6.07, 6.45) is 3.83. The zero-order valence-electron chi connectivity index (χ0n) is 18.4. The van der Waals surface area contributed by atoms with E-state index in [2.05, 4.69) is 5.32 Å². The van der Waals surface area contributed by atoms with Crippen LogP contribution in [0.1, 0.15) is 28.4 Å². The van der Waals surface area contributed by atoms with Gasteiger partial charge in [0.2, 0.25) is 5.91 Å². The molecule has 4 atom stereocenters. The molecular weight excluding hydrogens is 431 g/mol. The number of halogens is 1. The molecule has 0 radical (unpaired) electrons. The minimum atomic E-state index is -1.39. The van der Waals surface area contributed by atoms with Gasteiger partial charge in [0.15, 0.2) is 11.6 Å². The number of para-hydroxylation sites is 2. The molecule has 0 bridgehead atoms. The highest BCUT2D eigenvalue weighted by atomic mass is 19.1. The van der Waals surface area contributed by atoms with Gasteiger partial charge in [-0.1, -0.05) is 60.7 Å². The second-order valence-corrected chi connectivity index (χ2v) is 9.02. The van der Waals surface area contributed by atoms with Crippen molar-refractivity contribution < 1.29 is 18.8 Å². The summed E-state index contributed by atoms with van der Waals surface area (Å²) in [4.78, 5) is 43.2. The van der Waals surface area contributed by atoms with Crippen molar-refractivity contribution in [1.29, 1.82) is 0 Å². The number of carbonyl (C=O) groups is 3. The number of anilines is 2. The molecule has 1 amide bonds. The fourth-order valence-electron chi connectivity index (χ4n) is 6.10. The molecule has 34 heavy (non-hydrogen) atoms. The number of fused-ring (bicyclic) bond motifs is 6. The maximum Gasteiger partial charge on any atom is 0.238 e. The van der Waals surface area contributed by atoms with E-state index in [4.69, 9.17) is 0 Å². The van der Waals surface area contributed by atoms with E-state index in [-0.39, 0.29) is 17.3 Å². The van der Waals surface area contributed by atoms with Crippen molar-refractivity contribution in [3.8, 4) is 0 Å². The molecule has 6 heteroatoms. The Morgan fingerprint density at radius 2 is 1.68 bits per heavy atom. The number of amides is 1. The van der Waals surface area contributed by atoms with Gasteiger partial charge in [-0.25, -0.2) is 4.39 Å². The lowest BCUT2D eigenvalue weighted by Crippen LogP contribution is -2.51. The third kappa shape index (κ3) is 2.51. The van der Waals surface area contributed by atoms with Gasteiger partial charge in [-0.05, 0) is 42.3 Å². The lowest BCUT2D eigenvalue weighted by atomic mass is 9.64. The van der Waals surface area contributed by atoms with Gasteiger partial charge in [0.05, 0.1) is 23.6 Å². The zero-order chi connectivity index (χ0) is 23.6. The maximum absolute atomic E-state index is 14.9. The standard InChI is InChI=1S/C28H21FN2O3/c1-16(32)25-24(26(33)18-9-3-5-11-20(18)29)28(19-10-4-6-12-21(19)30-27(28)34)23-15-14-17-8-2-7-13-22(17)31(23)25/h2-15,23-25H,1H3,(H,30,34)/t23-,24+,25-,28-/m1/s1. The van der Waals surface area contributed by atoms with Crippen LogP contribution in [0.4, 0.5) is 15.8 Å². The van der Waals surface area contributed by atoms with Crippen LogP contribution in [0, 0.1) is 11.7 Å². The summed E-state index contributed by atoms with van der Waals surface area (Å²) >= 11 is 0. The van der Waals surface area contributed by atoms with Crippen molar-refractivity contribution in [3.05, 3.63) is 101 Å². The summed E-state index contributed by atoms with van der Waals surface area (Å²) in [5.74, 6) is -2.95. The molecule has 0 aromatic heterocycles. The monoisotopic (exact) mass is 452 g/mol. The molecule has 168 valence electrons. The summed E-state index contributed by atoms with van der Waals surface area (Å²) in [7, 11) is 0. The first-order valence-electron chi connectivity index (χ1n) is 11.2. The van der Waals surface area contributed by atoms with E-state index >= 15 is 0 Å². The maximum atomic E-state index is 14.9. The third-order valence-electron chi connectivity index (χ3n) is 7.38. The number of Topliss-reactive ketones (excluding diaryl/α,β-unsaturated/α-hetero) is 2. The van der Waals surface area contributed by atoms with Gasteiger partial charge in [-0.2, -0.15) is 0 Å². The lowest BCUT2D eigenvalue weighted by molar-refractivity contribution is -0.122. The minimum absolute atomic E-state index is 0.118. The molecule has 1 N–H and O–H groups in total. The molecule has 1 spiro atoms. The van der Waals surface area contributed by atoms with Gasteiger partial charge in [-0.3, -0.25) is 14.4 Å². The molecule has 3 aliphatic rings. The van der Waals surface area contributed by atoms with E-state index < -0.39 is 35.0 Å². The second-order valence-electron chi connectivity index (χ2n) is 9.02. The molecular formula is C28H21FN2O3. The van der Waals surface area contributed by atoms with Crippen LogP contribution in [0.3, 0.4) is 0 Å². The first-order chi connectivity index (χ1) is 16.5. The number of ketones is 2. The van der Waals surface area contributed by atoms with E-state index in [0.29, 0.717) is 11.3 Å². The van der Waals surface area contributed by atoms with E-state index in [1.165, 1.54) is 25.1 Å². The number of nitrogens with one attached hydrogen (secondary N) is 1. The van der Waals surface area contributed by atoms with Crippen molar-refractivity contribution in [2.75, 3.05) is 10.2 Å². The number of carbonyl (C=O) groups excluding carboxylic acids is 3. The van der Waals surface area contributed by atoms with Crippen LogP contribution in [-0.4, -0.2) is 29.6 Å². The summed E-state index contributed by atoms with van der Waals surface area (Å²) in [5.41, 5.74) is 1.41. The SMILES string of the molecule is CC(=O)[C@@H]1[C@@H](C(=O)c2ccccc2F)[C@]2(C(=O)Nc3ccccc32)[C@H]2C=Cc3ccccc3N12. The van der Waals surface area contributed by atoms with Crippen LogP contribution >= 0.6 is 0 Å². The van der Waals surface area contributed by atoms with Crippen molar-refractivity contribution in [2.24, 2.45) is 5.92 Å². The molecule has 3 aromatic carbocycles. The Labute approximate surface area is 195 Å². The number of rotatable bonds is 3. The Morgan fingerprint density at radius 3 is 2.47 bits per heavy atom. The highest BCUT2D eigenvalue weighted by Gasteiger charge is 2.69. The van der Waals surface area contributed by atoms with Crippen molar-refractivity contribution >= 4 is 34.9 Å². The number of hydrogen-bond acceptors (Lipinski definition) is 4. The average molecular weight is 452 g/mol. The van der Waals surface area contributed by atoms with Crippen molar-refractivity contribution in [1.82, 2.24) is 0 Å². The van der Waals surface area contributed by atoms with Crippen LogP contribution in [0.25, 0.3) is 6.08 Å². The molecule has 3 aliphatic heterocycles. The van der Waals surface area contributed by atoms with Crippen LogP contribution in [0.15, 0.2) is 78.9 Å². The summed E-state index contributed by atoms with van der Waals surface area (Å²) in [6.45, 7) is 1.43. The van der Waals surface area contributed by atoms with Crippen LogP contribution < -0.4 is 10.2 Å². The molecule has 1 fully saturated rings. The fourth-order valence-corrected chi connectivity index (χ4v) is 6.10. The van der Waals surface area contributed by atoms with E-state index in [1.807, 2.05) is 59.5 Å². The minimum Gasteiger partial charge on any atom is -0.352 e. The zero-order valence-corrected chi connectivity index (χ0v) is 18.4. The van der Waals surface area contributed by atoms with Crippen LogP contribution in [0.2, 0.25) is 0 Å². The number of nitrogens with zero attached hydrogens (tertiary/aromatic N) is 1. The first kappa shape index (κ1) is 20.5. The van der Waals surface area contributed by atoms with Gasteiger partial charge >= 0.3 is 0 Å². The number of benzene rings is 3. The topological polar surface area (TPSA) is 66.5 Å². The Morgan fingerprint density at radius 1 is 0.971 bits per heavy atom. The Kier molecular flexibility index (Phi) is 4.36. The Balaban J connectivity index is 1.68. The number of hydrogen-bond donors (Lipinski definition) is 1. The van der Waals surface area contributed by atoms with Gasteiger partial charge < -0.3 is 10.2 Å². The van der Waals surface area contributed by atoms with E-state index in [0.717, 1.165) is 11.3 Å². The highest BCUT2D eigenvalue weighted by Crippen LogP contribution is 2.57. The summed E-state index contributed by atoms with van der Waals surface area (Å²) in [6, 6.07) is 19.0. The smallest absolute Gasteiger partial charge is 0.238 e. The first-order valence-corrected chi connectivity index (χ1v) is 11.2. The predicted octanol–water partition coefficient (Wildman–Crippen LogP) is 4.39. The summed E-state index contributed by atoms with van der Waals surface area (Å²) < 4.78 is 14.9. The van der Waals surface area contributed by atoms with Gasteiger partial charge in [0.1, 0.15) is 11.2 Å². The third-order valence-corrected chi connectivity index (χ3v) is 7.38. The molecule has 1 saturated heterocycles.